The third kappa shape index (κ3) is 4.26. The Morgan fingerprint density at radius 3 is 2.47 bits per heavy atom. The number of anilines is 1. The molecule has 0 aromatic carbocycles. The summed E-state index contributed by atoms with van der Waals surface area (Å²) in [5.41, 5.74) is 1.11. The fraction of sp³-hybridized carbons (Fsp3) is 0.750. The number of aromatic nitrogens is 1. The fourth-order valence-electron chi connectivity index (χ4n) is 1.68. The summed E-state index contributed by atoms with van der Waals surface area (Å²) in [6, 6.07) is 0. The highest BCUT2D eigenvalue weighted by atomic mass is 32.1. The molecular formula is C12H23N3OS. The summed E-state index contributed by atoms with van der Waals surface area (Å²) in [6.07, 6.45) is 1.11. The minimum atomic E-state index is 0.221. The zero-order valence-corrected chi connectivity index (χ0v) is 12.0. The second-order valence-electron chi connectivity index (χ2n) is 4.40. The first-order chi connectivity index (χ1) is 8.08. The average molecular weight is 257 g/mol. The molecule has 0 aliphatic rings. The molecule has 0 spiro atoms. The van der Waals surface area contributed by atoms with Gasteiger partial charge in [-0.1, -0.05) is 6.92 Å². The van der Waals surface area contributed by atoms with Crippen LogP contribution in [0.4, 0.5) is 5.13 Å². The Kier molecular flexibility index (Phi) is 5.88. The van der Waals surface area contributed by atoms with Crippen molar-refractivity contribution in [1.29, 1.82) is 0 Å². The van der Waals surface area contributed by atoms with Gasteiger partial charge < -0.3 is 10.0 Å². The Morgan fingerprint density at radius 1 is 1.29 bits per heavy atom. The molecule has 0 aliphatic heterocycles. The lowest BCUT2D eigenvalue weighted by Crippen LogP contribution is -2.27. The standard InChI is InChI=1S/C12H23N3OS/c1-5-6-15(7-8-16)9-11-10(2)13-12(17-11)14(3)4/h16H,5-9H2,1-4H3. The van der Waals surface area contributed by atoms with Gasteiger partial charge in [-0.3, -0.25) is 4.90 Å². The Hall–Kier alpha value is -0.650. The monoisotopic (exact) mass is 257 g/mol. The number of aliphatic hydroxyl groups excluding tert-OH is 1. The van der Waals surface area contributed by atoms with Gasteiger partial charge in [-0.15, -0.1) is 11.3 Å². The molecule has 1 aromatic heterocycles. The normalized spacial score (nSPS) is 11.2. The van der Waals surface area contributed by atoms with Crippen molar-refractivity contribution in [2.75, 3.05) is 38.7 Å². The van der Waals surface area contributed by atoms with Gasteiger partial charge in [-0.05, 0) is 19.9 Å². The number of hydrogen-bond acceptors (Lipinski definition) is 5. The van der Waals surface area contributed by atoms with Gasteiger partial charge in [0.25, 0.3) is 0 Å². The van der Waals surface area contributed by atoms with Crippen molar-refractivity contribution in [1.82, 2.24) is 9.88 Å². The molecule has 17 heavy (non-hydrogen) atoms. The average Bonchev–Trinajstić information content (AvgIpc) is 2.61. The topological polar surface area (TPSA) is 39.6 Å². The molecule has 1 heterocycles. The number of aliphatic hydroxyl groups is 1. The van der Waals surface area contributed by atoms with E-state index in [9.17, 15) is 0 Å². The molecule has 1 N–H and O–H groups in total. The van der Waals surface area contributed by atoms with Gasteiger partial charge in [0.2, 0.25) is 0 Å². The molecule has 5 heteroatoms. The number of aryl methyl sites for hydroxylation is 1. The van der Waals surface area contributed by atoms with Crippen molar-refractivity contribution >= 4 is 16.5 Å². The summed E-state index contributed by atoms with van der Waals surface area (Å²) in [6.45, 7) is 7.10. The quantitative estimate of drug-likeness (QED) is 0.807. The van der Waals surface area contributed by atoms with Crippen molar-refractivity contribution in [2.24, 2.45) is 0 Å². The van der Waals surface area contributed by atoms with Gasteiger partial charge >= 0.3 is 0 Å². The zero-order chi connectivity index (χ0) is 12.8. The molecule has 0 radical (unpaired) electrons. The minimum absolute atomic E-state index is 0.221. The molecule has 1 rings (SSSR count). The molecule has 0 saturated carbocycles. The van der Waals surface area contributed by atoms with Crippen molar-refractivity contribution in [3.05, 3.63) is 10.6 Å². The highest BCUT2D eigenvalue weighted by Gasteiger charge is 2.12. The van der Waals surface area contributed by atoms with Crippen LogP contribution in [0.5, 0.6) is 0 Å². The predicted molar refractivity (Wildman–Crippen MR) is 73.8 cm³/mol. The number of thiazole rings is 1. The second kappa shape index (κ2) is 6.93. The van der Waals surface area contributed by atoms with E-state index in [1.165, 1.54) is 4.88 Å². The summed E-state index contributed by atoms with van der Waals surface area (Å²) in [5, 5.41) is 10.1. The molecule has 0 amide bonds. The van der Waals surface area contributed by atoms with Gasteiger partial charge in [-0.2, -0.15) is 0 Å². The predicted octanol–water partition coefficient (Wildman–Crippen LogP) is 1.72. The SMILES string of the molecule is CCCN(CCO)Cc1sc(N(C)C)nc1C. The van der Waals surface area contributed by atoms with E-state index in [2.05, 4.69) is 23.7 Å². The molecule has 0 atom stereocenters. The smallest absolute Gasteiger partial charge is 0.185 e. The van der Waals surface area contributed by atoms with Crippen LogP contribution in [0.3, 0.4) is 0 Å². The van der Waals surface area contributed by atoms with Crippen LogP contribution in [0.25, 0.3) is 0 Å². The molecule has 0 unspecified atom stereocenters. The first-order valence-electron chi connectivity index (χ1n) is 6.05. The summed E-state index contributed by atoms with van der Waals surface area (Å²) < 4.78 is 0. The summed E-state index contributed by atoms with van der Waals surface area (Å²) in [5.74, 6) is 0. The van der Waals surface area contributed by atoms with E-state index in [1.54, 1.807) is 11.3 Å². The van der Waals surface area contributed by atoms with Crippen LogP contribution in [-0.2, 0) is 6.54 Å². The molecule has 98 valence electrons. The van der Waals surface area contributed by atoms with Gasteiger partial charge in [-0.25, -0.2) is 4.98 Å². The van der Waals surface area contributed by atoms with Crippen LogP contribution in [0.2, 0.25) is 0 Å². The van der Waals surface area contributed by atoms with Crippen LogP contribution < -0.4 is 4.90 Å². The van der Waals surface area contributed by atoms with Gasteiger partial charge in [0.15, 0.2) is 5.13 Å². The van der Waals surface area contributed by atoms with Crippen LogP contribution >= 0.6 is 11.3 Å². The van der Waals surface area contributed by atoms with E-state index in [1.807, 2.05) is 19.0 Å². The van der Waals surface area contributed by atoms with Crippen molar-refractivity contribution in [2.45, 2.75) is 26.8 Å². The Morgan fingerprint density at radius 2 is 2.00 bits per heavy atom. The Bertz CT molecular complexity index is 332. The van der Waals surface area contributed by atoms with Crippen molar-refractivity contribution in [3.8, 4) is 0 Å². The molecular weight excluding hydrogens is 234 g/mol. The second-order valence-corrected chi connectivity index (χ2v) is 5.46. The number of rotatable bonds is 7. The lowest BCUT2D eigenvalue weighted by molar-refractivity contribution is 0.191. The lowest BCUT2D eigenvalue weighted by atomic mass is 10.3. The minimum Gasteiger partial charge on any atom is -0.395 e. The first kappa shape index (κ1) is 14.4. The van der Waals surface area contributed by atoms with Crippen LogP contribution in [0.15, 0.2) is 0 Å². The van der Waals surface area contributed by atoms with Crippen molar-refractivity contribution < 1.29 is 5.11 Å². The maximum atomic E-state index is 9.04. The summed E-state index contributed by atoms with van der Waals surface area (Å²) in [7, 11) is 4.03. The Balaban J connectivity index is 2.71. The number of nitrogens with zero attached hydrogens (tertiary/aromatic N) is 3. The first-order valence-corrected chi connectivity index (χ1v) is 6.87. The van der Waals surface area contributed by atoms with E-state index < -0.39 is 0 Å². The highest BCUT2D eigenvalue weighted by molar-refractivity contribution is 7.15. The van der Waals surface area contributed by atoms with Gasteiger partial charge in [0, 0.05) is 32.1 Å². The molecule has 0 bridgehead atoms. The van der Waals surface area contributed by atoms with Crippen LogP contribution in [0, 0.1) is 6.92 Å². The zero-order valence-electron chi connectivity index (χ0n) is 11.2. The summed E-state index contributed by atoms with van der Waals surface area (Å²) >= 11 is 1.74. The molecule has 4 nitrogen and oxygen atoms in total. The van der Waals surface area contributed by atoms with E-state index >= 15 is 0 Å². The fourth-order valence-corrected chi connectivity index (χ4v) is 2.71. The van der Waals surface area contributed by atoms with E-state index in [-0.39, 0.29) is 6.61 Å². The molecule has 0 aliphatic carbocycles. The third-order valence-corrected chi connectivity index (χ3v) is 3.90. The van der Waals surface area contributed by atoms with Gasteiger partial charge in [0.1, 0.15) is 0 Å². The highest BCUT2D eigenvalue weighted by Crippen LogP contribution is 2.25. The van der Waals surface area contributed by atoms with Crippen LogP contribution in [0.1, 0.15) is 23.9 Å². The van der Waals surface area contributed by atoms with E-state index in [0.717, 1.165) is 36.9 Å². The van der Waals surface area contributed by atoms with Crippen LogP contribution in [-0.4, -0.2) is 48.8 Å². The van der Waals surface area contributed by atoms with Crippen molar-refractivity contribution in [3.63, 3.8) is 0 Å². The number of hydrogen-bond donors (Lipinski definition) is 1. The molecule has 1 aromatic rings. The molecule has 0 fully saturated rings. The summed E-state index contributed by atoms with van der Waals surface area (Å²) in [4.78, 5) is 10.2. The largest absolute Gasteiger partial charge is 0.395 e. The van der Waals surface area contributed by atoms with Gasteiger partial charge in [0.05, 0.1) is 12.3 Å². The molecule has 0 saturated heterocycles. The maximum Gasteiger partial charge on any atom is 0.185 e. The van der Waals surface area contributed by atoms with E-state index in [0.29, 0.717) is 0 Å². The third-order valence-electron chi connectivity index (χ3n) is 2.59. The van der Waals surface area contributed by atoms with E-state index in [4.69, 9.17) is 5.11 Å². The lowest BCUT2D eigenvalue weighted by Gasteiger charge is -2.19. The Labute approximate surface area is 108 Å². The maximum absolute atomic E-state index is 9.04.